The molecule has 2 aromatic carbocycles. The first kappa shape index (κ1) is 18.4. The fourth-order valence-corrected chi connectivity index (χ4v) is 5.94. The minimum atomic E-state index is -4.32. The molecule has 2 rings (SSSR count). The molecule has 0 saturated heterocycles. The Kier molecular flexibility index (Phi) is 6.07. The highest BCUT2D eigenvalue weighted by atomic mass is 127. The predicted octanol–water partition coefficient (Wildman–Crippen LogP) is 3.97. The number of carbonyl (C=O) groups is 1. The van der Waals surface area contributed by atoms with E-state index in [1.165, 1.54) is 12.1 Å². The van der Waals surface area contributed by atoms with Gasteiger partial charge in [0.2, 0.25) is 0 Å². The number of benzene rings is 2. The van der Waals surface area contributed by atoms with E-state index in [9.17, 15) is 17.8 Å². The highest BCUT2D eigenvalue weighted by Gasteiger charge is 2.20. The lowest BCUT2D eigenvalue weighted by Crippen LogP contribution is -2.10. The van der Waals surface area contributed by atoms with Crippen LogP contribution in [0.4, 0.5) is 0 Å². The van der Waals surface area contributed by atoms with E-state index in [1.54, 1.807) is 69.4 Å². The van der Waals surface area contributed by atoms with Gasteiger partial charge in [0.05, 0.1) is 5.56 Å². The lowest BCUT2D eigenvalue weighted by atomic mass is 10.2. The second-order valence-electron chi connectivity index (χ2n) is 4.09. The minimum Gasteiger partial charge on any atom is -0.423 e. The van der Waals surface area contributed by atoms with E-state index in [1.807, 2.05) is 0 Å². The molecule has 0 radical (unpaired) electrons. The Morgan fingerprint density at radius 1 is 1.00 bits per heavy atom. The van der Waals surface area contributed by atoms with Crippen LogP contribution in [0.25, 0.3) is 0 Å². The van der Waals surface area contributed by atoms with Crippen molar-refractivity contribution >= 4 is 83.9 Å². The molecule has 0 fully saturated rings. The number of hydrogen-bond donors (Lipinski definition) is 1. The summed E-state index contributed by atoms with van der Waals surface area (Å²) in [6.07, 6.45) is 0. The van der Waals surface area contributed by atoms with Crippen LogP contribution >= 0.6 is 67.8 Å². The Morgan fingerprint density at radius 3 is 1.95 bits per heavy atom. The van der Waals surface area contributed by atoms with E-state index in [2.05, 4.69) is 22.6 Å². The number of carbonyl (C=O) groups excluding carboxylic acids is 1. The van der Waals surface area contributed by atoms with Crippen LogP contribution in [0.5, 0.6) is 5.75 Å². The molecule has 1 N–H and O–H groups in total. The zero-order valence-corrected chi connectivity index (χ0v) is 17.9. The summed E-state index contributed by atoms with van der Waals surface area (Å²) in [4.78, 5) is 11.8. The lowest BCUT2D eigenvalue weighted by Gasteiger charge is -2.09. The molecule has 116 valence electrons. The van der Waals surface area contributed by atoms with Crippen LogP contribution in [-0.2, 0) is 10.1 Å². The summed E-state index contributed by atoms with van der Waals surface area (Å²) < 4.78 is 38.6. The molecule has 0 bridgehead atoms. The van der Waals surface area contributed by atoms with Gasteiger partial charge in [0.15, 0.2) is 0 Å². The van der Waals surface area contributed by atoms with Crippen LogP contribution in [0.15, 0.2) is 41.3 Å². The minimum absolute atomic E-state index is 0.192. The molecule has 0 amide bonds. The summed E-state index contributed by atoms with van der Waals surface area (Å²) >= 11 is 5.66. The Hall–Kier alpha value is 0.01000. The van der Waals surface area contributed by atoms with Gasteiger partial charge in [-0.05, 0) is 104 Å². The Morgan fingerprint density at radius 2 is 1.50 bits per heavy atom. The maximum absolute atomic E-state index is 12.0. The predicted molar refractivity (Wildman–Crippen MR) is 106 cm³/mol. The second kappa shape index (κ2) is 7.27. The SMILES string of the molecule is O=C(Oc1cc(I)c(S(=O)(=O)O)c(I)c1)c1ccc(I)cc1. The second-order valence-corrected chi connectivity index (χ2v) is 9.02. The third-order valence-corrected chi connectivity index (χ3v) is 6.63. The van der Waals surface area contributed by atoms with Crippen molar-refractivity contribution in [3.63, 3.8) is 0 Å². The van der Waals surface area contributed by atoms with Crippen molar-refractivity contribution in [2.45, 2.75) is 4.90 Å². The maximum atomic E-state index is 12.0. The number of rotatable bonds is 3. The van der Waals surface area contributed by atoms with E-state index < -0.39 is 16.1 Å². The van der Waals surface area contributed by atoms with Gasteiger partial charge in [-0.1, -0.05) is 0 Å². The van der Waals surface area contributed by atoms with Crippen molar-refractivity contribution < 1.29 is 22.5 Å². The first-order chi connectivity index (χ1) is 10.2. The summed E-state index contributed by atoms with van der Waals surface area (Å²) in [5, 5.41) is 0. The Labute approximate surface area is 168 Å². The fourth-order valence-electron chi connectivity index (χ4n) is 1.59. The first-order valence-corrected chi connectivity index (χ1v) is 10.3. The van der Waals surface area contributed by atoms with Gasteiger partial charge in [0, 0.05) is 10.7 Å². The van der Waals surface area contributed by atoms with Crippen molar-refractivity contribution in [3.05, 3.63) is 52.7 Å². The molecule has 0 aliphatic rings. The van der Waals surface area contributed by atoms with Gasteiger partial charge in [0.1, 0.15) is 10.6 Å². The zero-order chi connectivity index (χ0) is 16.5. The molecule has 0 atom stereocenters. The van der Waals surface area contributed by atoms with Crippen LogP contribution in [0.2, 0.25) is 0 Å². The third-order valence-electron chi connectivity index (χ3n) is 2.52. The Balaban J connectivity index is 2.31. The average molecular weight is 656 g/mol. The van der Waals surface area contributed by atoms with Crippen LogP contribution < -0.4 is 4.74 Å². The van der Waals surface area contributed by atoms with Crippen molar-refractivity contribution in [2.24, 2.45) is 0 Å². The zero-order valence-electron chi connectivity index (χ0n) is 10.6. The molecule has 0 spiro atoms. The average Bonchev–Trinajstić information content (AvgIpc) is 2.36. The maximum Gasteiger partial charge on any atom is 0.343 e. The highest BCUT2D eigenvalue weighted by Crippen LogP contribution is 2.29. The van der Waals surface area contributed by atoms with Crippen molar-refractivity contribution in [1.29, 1.82) is 0 Å². The number of halogens is 3. The monoisotopic (exact) mass is 656 g/mol. The molecule has 0 aliphatic carbocycles. The van der Waals surface area contributed by atoms with E-state index in [4.69, 9.17) is 4.74 Å². The number of ether oxygens (including phenoxy) is 1. The molecule has 0 aliphatic heterocycles. The fraction of sp³-hybridized carbons (Fsp3) is 0. The number of hydrogen-bond acceptors (Lipinski definition) is 4. The molecule has 0 unspecified atom stereocenters. The molecule has 9 heteroatoms. The highest BCUT2D eigenvalue weighted by molar-refractivity contribution is 14.1. The molecule has 5 nitrogen and oxygen atoms in total. The summed E-state index contributed by atoms with van der Waals surface area (Å²) in [5.74, 6) is -0.327. The number of esters is 1. The topological polar surface area (TPSA) is 80.7 Å². The van der Waals surface area contributed by atoms with Gasteiger partial charge < -0.3 is 4.74 Å². The summed E-state index contributed by atoms with van der Waals surface area (Å²) in [5.41, 5.74) is 0.393. The van der Waals surface area contributed by atoms with Gasteiger partial charge >= 0.3 is 5.97 Å². The smallest absolute Gasteiger partial charge is 0.343 e. The summed E-state index contributed by atoms with van der Waals surface area (Å²) in [6, 6.07) is 9.63. The quantitative estimate of drug-likeness (QED) is 0.235. The van der Waals surface area contributed by atoms with Crippen LogP contribution in [0.1, 0.15) is 10.4 Å². The molecular formula is C13H7I3O5S. The van der Waals surface area contributed by atoms with E-state index in [0.29, 0.717) is 5.56 Å². The van der Waals surface area contributed by atoms with E-state index in [-0.39, 0.29) is 17.8 Å². The standard InChI is InChI=1S/C13H7I3O5S/c14-8-3-1-7(2-4-8)13(17)21-9-5-10(15)12(11(16)6-9)22(18,19)20/h1-6H,(H,18,19,20). The lowest BCUT2D eigenvalue weighted by molar-refractivity contribution is 0.0734. The Bertz CT molecular complexity index is 808. The molecule has 0 heterocycles. The van der Waals surface area contributed by atoms with Gasteiger partial charge in [-0.3, -0.25) is 4.55 Å². The van der Waals surface area contributed by atoms with Gasteiger partial charge in [0.25, 0.3) is 10.1 Å². The third kappa shape index (κ3) is 4.52. The molecule has 0 saturated carbocycles. The van der Waals surface area contributed by atoms with Crippen LogP contribution in [0, 0.1) is 10.7 Å². The van der Waals surface area contributed by atoms with E-state index in [0.717, 1.165) is 3.57 Å². The van der Waals surface area contributed by atoms with Crippen molar-refractivity contribution in [3.8, 4) is 5.75 Å². The van der Waals surface area contributed by atoms with Crippen LogP contribution in [-0.4, -0.2) is 18.9 Å². The molecule has 22 heavy (non-hydrogen) atoms. The van der Waals surface area contributed by atoms with Crippen molar-refractivity contribution in [1.82, 2.24) is 0 Å². The largest absolute Gasteiger partial charge is 0.423 e. The van der Waals surface area contributed by atoms with Crippen LogP contribution in [0.3, 0.4) is 0 Å². The van der Waals surface area contributed by atoms with Crippen molar-refractivity contribution in [2.75, 3.05) is 0 Å². The molecule has 0 aromatic heterocycles. The van der Waals surface area contributed by atoms with Gasteiger partial charge in [-0.25, -0.2) is 4.79 Å². The summed E-state index contributed by atoms with van der Waals surface area (Å²) in [6.45, 7) is 0. The first-order valence-electron chi connectivity index (χ1n) is 5.63. The van der Waals surface area contributed by atoms with E-state index >= 15 is 0 Å². The van der Waals surface area contributed by atoms with Gasteiger partial charge in [-0.2, -0.15) is 8.42 Å². The molecular weight excluding hydrogens is 649 g/mol. The molecule has 2 aromatic rings. The van der Waals surface area contributed by atoms with Gasteiger partial charge in [-0.15, -0.1) is 0 Å². The summed E-state index contributed by atoms with van der Waals surface area (Å²) in [7, 11) is -4.32. The normalized spacial score (nSPS) is 11.3.